The molecule has 5 nitrogen and oxygen atoms in total. The van der Waals surface area contributed by atoms with Crippen molar-refractivity contribution in [3.05, 3.63) is 29.8 Å². The van der Waals surface area contributed by atoms with E-state index in [0.29, 0.717) is 26.3 Å². The summed E-state index contributed by atoms with van der Waals surface area (Å²) in [5, 5.41) is 5.50. The Morgan fingerprint density at radius 2 is 1.68 bits per heavy atom. The van der Waals surface area contributed by atoms with Gasteiger partial charge in [-0.2, -0.15) is 0 Å². The molecule has 0 aromatic heterocycles. The van der Waals surface area contributed by atoms with E-state index in [4.69, 9.17) is 9.47 Å². The van der Waals surface area contributed by atoms with Crippen LogP contribution in [0.15, 0.2) is 24.3 Å². The number of benzene rings is 1. The van der Waals surface area contributed by atoms with Crippen LogP contribution in [0.1, 0.15) is 32.8 Å². The molecular weight excluding hydrogens is 280 g/mol. The number of methoxy groups -OCH3 is 1. The summed E-state index contributed by atoms with van der Waals surface area (Å²) in [6.07, 6.45) is 0.806. The fourth-order valence-electron chi connectivity index (χ4n) is 1.87. The van der Waals surface area contributed by atoms with Gasteiger partial charge in [0.1, 0.15) is 12.4 Å². The zero-order valence-corrected chi connectivity index (χ0v) is 14.1. The zero-order chi connectivity index (χ0) is 16.4. The van der Waals surface area contributed by atoms with Crippen LogP contribution < -0.4 is 15.4 Å². The molecular formula is C17H28N2O3. The lowest BCUT2D eigenvalue weighted by Gasteiger charge is -2.19. The Morgan fingerprint density at radius 3 is 2.27 bits per heavy atom. The van der Waals surface area contributed by atoms with Gasteiger partial charge in [0.25, 0.3) is 0 Å². The second-order valence-electron chi connectivity index (χ2n) is 6.15. The van der Waals surface area contributed by atoms with Crippen LogP contribution in [-0.2, 0) is 10.2 Å². The molecule has 0 aliphatic carbocycles. The molecule has 0 spiro atoms. The van der Waals surface area contributed by atoms with Gasteiger partial charge in [-0.3, -0.25) is 0 Å². The summed E-state index contributed by atoms with van der Waals surface area (Å²) < 4.78 is 10.5. The van der Waals surface area contributed by atoms with Crippen LogP contribution in [0.4, 0.5) is 4.79 Å². The number of nitrogens with one attached hydrogen (secondary N) is 2. The minimum Gasteiger partial charge on any atom is -0.492 e. The van der Waals surface area contributed by atoms with Crippen LogP contribution in [0.25, 0.3) is 0 Å². The van der Waals surface area contributed by atoms with Gasteiger partial charge in [0, 0.05) is 20.3 Å². The molecule has 1 aromatic carbocycles. The highest BCUT2D eigenvalue weighted by atomic mass is 16.5. The third kappa shape index (κ3) is 7.31. The molecule has 0 heterocycles. The molecule has 0 unspecified atom stereocenters. The fourth-order valence-corrected chi connectivity index (χ4v) is 1.87. The third-order valence-corrected chi connectivity index (χ3v) is 3.19. The highest BCUT2D eigenvalue weighted by Crippen LogP contribution is 2.24. The number of carbonyl (C=O) groups excluding carboxylic acids is 1. The SMILES string of the molecule is COCCCNC(=O)NCCOc1ccc(C(C)(C)C)cc1. The van der Waals surface area contributed by atoms with E-state index in [1.54, 1.807) is 7.11 Å². The van der Waals surface area contributed by atoms with Crippen molar-refractivity contribution in [1.29, 1.82) is 0 Å². The van der Waals surface area contributed by atoms with Crippen LogP contribution in [0.5, 0.6) is 5.75 Å². The normalized spacial score (nSPS) is 11.1. The summed E-state index contributed by atoms with van der Waals surface area (Å²) >= 11 is 0. The summed E-state index contributed by atoms with van der Waals surface area (Å²) in [6.45, 7) is 8.70. The quantitative estimate of drug-likeness (QED) is 0.726. The molecule has 0 saturated heterocycles. The second-order valence-corrected chi connectivity index (χ2v) is 6.15. The van der Waals surface area contributed by atoms with Crippen molar-refractivity contribution in [2.75, 3.05) is 33.4 Å². The minimum absolute atomic E-state index is 0.140. The number of hydrogen-bond donors (Lipinski definition) is 2. The van der Waals surface area contributed by atoms with Gasteiger partial charge >= 0.3 is 6.03 Å². The molecule has 2 amide bonds. The highest BCUT2D eigenvalue weighted by molar-refractivity contribution is 5.73. The van der Waals surface area contributed by atoms with Crippen molar-refractivity contribution in [2.24, 2.45) is 0 Å². The van der Waals surface area contributed by atoms with Crippen LogP contribution in [0, 0.1) is 0 Å². The van der Waals surface area contributed by atoms with Crippen molar-refractivity contribution in [1.82, 2.24) is 10.6 Å². The first-order chi connectivity index (χ1) is 10.4. The van der Waals surface area contributed by atoms with E-state index in [-0.39, 0.29) is 11.4 Å². The standard InChI is InChI=1S/C17H28N2O3/c1-17(2,3)14-6-8-15(9-7-14)22-13-11-19-16(20)18-10-5-12-21-4/h6-9H,5,10-13H2,1-4H3,(H2,18,19,20). The van der Waals surface area contributed by atoms with Crippen molar-refractivity contribution in [3.63, 3.8) is 0 Å². The van der Waals surface area contributed by atoms with Gasteiger partial charge in [-0.1, -0.05) is 32.9 Å². The van der Waals surface area contributed by atoms with Crippen molar-refractivity contribution in [3.8, 4) is 5.75 Å². The smallest absolute Gasteiger partial charge is 0.314 e. The summed E-state index contributed by atoms with van der Waals surface area (Å²) in [6, 6.07) is 7.90. The molecule has 0 radical (unpaired) electrons. The largest absolute Gasteiger partial charge is 0.492 e. The Hall–Kier alpha value is -1.75. The van der Waals surface area contributed by atoms with Crippen LogP contribution in [0.3, 0.4) is 0 Å². The average molecular weight is 308 g/mol. The predicted molar refractivity (Wildman–Crippen MR) is 88.5 cm³/mol. The first kappa shape index (κ1) is 18.3. The van der Waals surface area contributed by atoms with E-state index < -0.39 is 0 Å². The monoisotopic (exact) mass is 308 g/mol. The van der Waals surface area contributed by atoms with E-state index in [2.05, 4.69) is 43.5 Å². The van der Waals surface area contributed by atoms with Gasteiger partial charge in [0.05, 0.1) is 6.54 Å². The lowest BCUT2D eigenvalue weighted by molar-refractivity contribution is 0.193. The van der Waals surface area contributed by atoms with Crippen LogP contribution >= 0.6 is 0 Å². The summed E-state index contributed by atoms with van der Waals surface area (Å²) in [5.74, 6) is 0.815. The first-order valence-electron chi connectivity index (χ1n) is 7.67. The molecule has 0 fully saturated rings. The molecule has 5 heteroatoms. The number of ether oxygens (including phenoxy) is 2. The molecule has 0 saturated carbocycles. The lowest BCUT2D eigenvalue weighted by atomic mass is 9.87. The van der Waals surface area contributed by atoms with Crippen molar-refractivity contribution in [2.45, 2.75) is 32.6 Å². The highest BCUT2D eigenvalue weighted by Gasteiger charge is 2.12. The lowest BCUT2D eigenvalue weighted by Crippen LogP contribution is -2.38. The Bertz CT molecular complexity index is 438. The molecule has 1 rings (SSSR count). The maximum absolute atomic E-state index is 11.5. The number of carbonyl (C=O) groups is 1. The fraction of sp³-hybridized carbons (Fsp3) is 0.588. The van der Waals surface area contributed by atoms with Crippen LogP contribution in [-0.4, -0.2) is 39.4 Å². The van der Waals surface area contributed by atoms with E-state index >= 15 is 0 Å². The predicted octanol–water partition coefficient (Wildman–Crippen LogP) is 2.70. The minimum atomic E-state index is -0.178. The molecule has 22 heavy (non-hydrogen) atoms. The first-order valence-corrected chi connectivity index (χ1v) is 7.67. The molecule has 2 N–H and O–H groups in total. The summed E-state index contributed by atoms with van der Waals surface area (Å²) in [5.41, 5.74) is 1.41. The zero-order valence-electron chi connectivity index (χ0n) is 14.1. The molecule has 0 aliphatic heterocycles. The Kier molecular flexibility index (Phi) is 7.74. The van der Waals surface area contributed by atoms with Gasteiger partial charge in [0.15, 0.2) is 0 Å². The van der Waals surface area contributed by atoms with E-state index in [9.17, 15) is 4.79 Å². The maximum atomic E-state index is 11.5. The number of urea groups is 1. The third-order valence-electron chi connectivity index (χ3n) is 3.19. The van der Waals surface area contributed by atoms with E-state index in [0.717, 1.165) is 12.2 Å². The van der Waals surface area contributed by atoms with Gasteiger partial charge < -0.3 is 20.1 Å². The van der Waals surface area contributed by atoms with E-state index in [1.807, 2.05) is 12.1 Å². The number of hydrogen-bond acceptors (Lipinski definition) is 3. The average Bonchev–Trinajstić information content (AvgIpc) is 2.48. The molecule has 0 aliphatic rings. The van der Waals surface area contributed by atoms with Gasteiger partial charge in [-0.05, 0) is 29.5 Å². The molecule has 0 atom stereocenters. The molecule has 124 valence electrons. The Balaban J connectivity index is 2.18. The van der Waals surface area contributed by atoms with Gasteiger partial charge in [-0.25, -0.2) is 4.79 Å². The van der Waals surface area contributed by atoms with Crippen molar-refractivity contribution < 1.29 is 14.3 Å². The Labute approximate surface area is 133 Å². The van der Waals surface area contributed by atoms with Gasteiger partial charge in [-0.15, -0.1) is 0 Å². The second kappa shape index (κ2) is 9.30. The van der Waals surface area contributed by atoms with Gasteiger partial charge in [0.2, 0.25) is 0 Å². The molecule has 1 aromatic rings. The number of rotatable bonds is 8. The maximum Gasteiger partial charge on any atom is 0.314 e. The summed E-state index contributed by atoms with van der Waals surface area (Å²) in [7, 11) is 1.64. The topological polar surface area (TPSA) is 59.6 Å². The summed E-state index contributed by atoms with van der Waals surface area (Å²) in [4.78, 5) is 11.5. The number of amides is 2. The van der Waals surface area contributed by atoms with Crippen LogP contribution in [0.2, 0.25) is 0 Å². The Morgan fingerprint density at radius 1 is 1.05 bits per heavy atom. The van der Waals surface area contributed by atoms with Crippen molar-refractivity contribution >= 4 is 6.03 Å². The van der Waals surface area contributed by atoms with E-state index in [1.165, 1.54) is 5.56 Å². The molecule has 0 bridgehead atoms.